The Hall–Kier alpha value is -1.43. The molecule has 2 rings (SSSR count). The van der Waals surface area contributed by atoms with Crippen molar-refractivity contribution in [3.05, 3.63) is 11.6 Å². The molecule has 5 nitrogen and oxygen atoms in total. The van der Waals surface area contributed by atoms with Crippen molar-refractivity contribution < 1.29 is 9.59 Å². The summed E-state index contributed by atoms with van der Waals surface area (Å²) in [5.74, 6) is -0.112. The van der Waals surface area contributed by atoms with Crippen LogP contribution >= 0.6 is 11.3 Å². The first kappa shape index (κ1) is 9.14. The van der Waals surface area contributed by atoms with Gasteiger partial charge < -0.3 is 0 Å². The van der Waals surface area contributed by atoms with E-state index in [1.807, 2.05) is 0 Å². The molecule has 1 saturated heterocycles. The molecular formula is C8H9N3O2S. The normalized spacial score (nSPS) is 16.0. The number of anilines is 1. The van der Waals surface area contributed by atoms with Gasteiger partial charge in [-0.05, 0) is 6.42 Å². The van der Waals surface area contributed by atoms with Gasteiger partial charge >= 0.3 is 6.03 Å². The highest BCUT2D eigenvalue weighted by molar-refractivity contribution is 7.13. The zero-order valence-electron chi connectivity index (χ0n) is 7.40. The Morgan fingerprint density at radius 2 is 2.50 bits per heavy atom. The highest BCUT2D eigenvalue weighted by Crippen LogP contribution is 2.14. The van der Waals surface area contributed by atoms with Crippen molar-refractivity contribution in [1.82, 2.24) is 9.88 Å². The molecule has 1 aliphatic heterocycles. The molecule has 1 aliphatic rings. The zero-order valence-corrected chi connectivity index (χ0v) is 8.21. The SMILES string of the molecule is O=C1CCCN1C(=O)Nc1nccs1. The molecule has 0 bridgehead atoms. The zero-order chi connectivity index (χ0) is 9.97. The van der Waals surface area contributed by atoms with Crippen LogP contribution in [0.3, 0.4) is 0 Å². The summed E-state index contributed by atoms with van der Waals surface area (Å²) in [6.45, 7) is 0.510. The third-order valence-corrected chi connectivity index (χ3v) is 2.65. The van der Waals surface area contributed by atoms with Crippen molar-refractivity contribution in [3.63, 3.8) is 0 Å². The quantitative estimate of drug-likeness (QED) is 0.761. The van der Waals surface area contributed by atoms with Gasteiger partial charge in [0.15, 0.2) is 5.13 Å². The molecule has 1 fully saturated rings. The lowest BCUT2D eigenvalue weighted by Gasteiger charge is -2.12. The van der Waals surface area contributed by atoms with Crippen molar-refractivity contribution >= 4 is 28.4 Å². The van der Waals surface area contributed by atoms with Gasteiger partial charge in [-0.2, -0.15) is 0 Å². The van der Waals surface area contributed by atoms with Crippen LogP contribution in [0.4, 0.5) is 9.93 Å². The molecule has 6 heteroatoms. The summed E-state index contributed by atoms with van der Waals surface area (Å²) in [5, 5.41) is 4.86. The maximum absolute atomic E-state index is 11.5. The molecule has 0 unspecified atom stereocenters. The predicted molar refractivity (Wildman–Crippen MR) is 52.1 cm³/mol. The lowest BCUT2D eigenvalue weighted by molar-refractivity contribution is -0.125. The molecule has 0 atom stereocenters. The number of hydrogen-bond donors (Lipinski definition) is 1. The lowest BCUT2D eigenvalue weighted by Crippen LogP contribution is -2.35. The largest absolute Gasteiger partial charge is 0.330 e. The number of carbonyl (C=O) groups is 2. The van der Waals surface area contributed by atoms with Gasteiger partial charge in [0.1, 0.15) is 0 Å². The number of thiazole rings is 1. The van der Waals surface area contributed by atoms with Gasteiger partial charge in [-0.25, -0.2) is 9.78 Å². The number of urea groups is 1. The van der Waals surface area contributed by atoms with Crippen molar-refractivity contribution in [1.29, 1.82) is 0 Å². The van der Waals surface area contributed by atoms with Crippen LogP contribution in [0, 0.1) is 0 Å². The monoisotopic (exact) mass is 211 g/mol. The van der Waals surface area contributed by atoms with Crippen LogP contribution in [-0.4, -0.2) is 28.4 Å². The van der Waals surface area contributed by atoms with E-state index in [1.165, 1.54) is 16.2 Å². The van der Waals surface area contributed by atoms with Gasteiger partial charge in [0.2, 0.25) is 5.91 Å². The van der Waals surface area contributed by atoms with Crippen LogP contribution in [-0.2, 0) is 4.79 Å². The third kappa shape index (κ3) is 1.74. The molecule has 0 saturated carbocycles. The van der Waals surface area contributed by atoms with Crippen LogP contribution in [0.1, 0.15) is 12.8 Å². The Balaban J connectivity index is 1.99. The predicted octanol–water partition coefficient (Wildman–Crippen LogP) is 1.30. The van der Waals surface area contributed by atoms with Crippen LogP contribution in [0.15, 0.2) is 11.6 Å². The summed E-state index contributed by atoms with van der Waals surface area (Å²) in [5.41, 5.74) is 0. The Morgan fingerprint density at radius 3 is 3.07 bits per heavy atom. The highest BCUT2D eigenvalue weighted by Gasteiger charge is 2.26. The summed E-state index contributed by atoms with van der Waals surface area (Å²) < 4.78 is 0. The van der Waals surface area contributed by atoms with Gasteiger partial charge in [-0.15, -0.1) is 11.3 Å². The number of aromatic nitrogens is 1. The molecule has 74 valence electrons. The first-order chi connectivity index (χ1) is 6.77. The average molecular weight is 211 g/mol. The van der Waals surface area contributed by atoms with E-state index in [0.717, 1.165) is 6.42 Å². The topological polar surface area (TPSA) is 62.3 Å². The van der Waals surface area contributed by atoms with E-state index in [2.05, 4.69) is 10.3 Å². The molecule has 14 heavy (non-hydrogen) atoms. The van der Waals surface area contributed by atoms with Gasteiger partial charge in [0.05, 0.1) is 0 Å². The smallest absolute Gasteiger partial charge is 0.283 e. The molecule has 0 spiro atoms. The fraction of sp³-hybridized carbons (Fsp3) is 0.375. The van der Waals surface area contributed by atoms with Crippen molar-refractivity contribution in [3.8, 4) is 0 Å². The van der Waals surface area contributed by atoms with Gasteiger partial charge in [0.25, 0.3) is 0 Å². The highest BCUT2D eigenvalue weighted by atomic mass is 32.1. The average Bonchev–Trinajstić information content (AvgIpc) is 2.75. The van der Waals surface area contributed by atoms with Gasteiger partial charge in [-0.3, -0.25) is 15.0 Å². The number of rotatable bonds is 1. The van der Waals surface area contributed by atoms with Gasteiger partial charge in [-0.1, -0.05) is 0 Å². The maximum atomic E-state index is 11.5. The second-order valence-corrected chi connectivity index (χ2v) is 3.81. The van der Waals surface area contributed by atoms with E-state index >= 15 is 0 Å². The molecule has 0 radical (unpaired) electrons. The number of imide groups is 1. The molecular weight excluding hydrogens is 202 g/mol. The number of hydrogen-bond acceptors (Lipinski definition) is 4. The van der Waals surface area contributed by atoms with E-state index in [9.17, 15) is 9.59 Å². The molecule has 3 amide bonds. The lowest BCUT2D eigenvalue weighted by atomic mass is 10.4. The van der Waals surface area contributed by atoms with Crippen LogP contribution in [0.25, 0.3) is 0 Å². The fourth-order valence-corrected chi connectivity index (χ4v) is 1.83. The summed E-state index contributed by atoms with van der Waals surface area (Å²) in [7, 11) is 0. The number of amides is 3. The van der Waals surface area contributed by atoms with E-state index in [0.29, 0.717) is 18.1 Å². The Labute approximate surface area is 84.7 Å². The van der Waals surface area contributed by atoms with Crippen molar-refractivity contribution in [2.45, 2.75) is 12.8 Å². The van der Waals surface area contributed by atoms with E-state index < -0.39 is 0 Å². The van der Waals surface area contributed by atoms with Crippen LogP contribution < -0.4 is 5.32 Å². The maximum Gasteiger partial charge on any atom is 0.330 e. The minimum Gasteiger partial charge on any atom is -0.283 e. The Morgan fingerprint density at radius 1 is 1.64 bits per heavy atom. The number of nitrogens with zero attached hydrogens (tertiary/aromatic N) is 2. The first-order valence-corrected chi connectivity index (χ1v) is 5.16. The van der Waals surface area contributed by atoms with E-state index in [1.54, 1.807) is 11.6 Å². The van der Waals surface area contributed by atoms with Crippen molar-refractivity contribution in [2.24, 2.45) is 0 Å². The summed E-state index contributed by atoms with van der Waals surface area (Å²) in [6, 6.07) is -0.373. The Bertz CT molecular complexity index is 349. The van der Waals surface area contributed by atoms with E-state index in [4.69, 9.17) is 0 Å². The summed E-state index contributed by atoms with van der Waals surface area (Å²) in [6.07, 6.45) is 2.82. The van der Waals surface area contributed by atoms with E-state index in [-0.39, 0.29) is 11.9 Å². The second-order valence-electron chi connectivity index (χ2n) is 2.92. The van der Waals surface area contributed by atoms with Gasteiger partial charge in [0, 0.05) is 24.5 Å². The fourth-order valence-electron chi connectivity index (χ4n) is 1.31. The summed E-state index contributed by atoms with van der Waals surface area (Å²) in [4.78, 5) is 27.8. The second kappa shape index (κ2) is 3.75. The number of nitrogens with one attached hydrogen (secondary N) is 1. The molecule has 0 aromatic carbocycles. The minimum absolute atomic E-state index is 0.112. The standard InChI is InChI=1S/C8H9N3O2S/c12-6-2-1-4-11(6)8(13)10-7-9-3-5-14-7/h3,5H,1-2,4H2,(H,9,10,13). The molecule has 1 N–H and O–H groups in total. The molecule has 0 aliphatic carbocycles. The summed E-state index contributed by atoms with van der Waals surface area (Å²) >= 11 is 1.33. The number of likely N-dealkylation sites (tertiary alicyclic amines) is 1. The molecule has 1 aromatic heterocycles. The Kier molecular flexibility index (Phi) is 2.45. The minimum atomic E-state index is -0.373. The third-order valence-electron chi connectivity index (χ3n) is 1.96. The number of carbonyl (C=O) groups excluding carboxylic acids is 2. The van der Waals surface area contributed by atoms with Crippen molar-refractivity contribution in [2.75, 3.05) is 11.9 Å². The molecule has 1 aromatic rings. The van der Waals surface area contributed by atoms with Crippen LogP contribution in [0.2, 0.25) is 0 Å². The first-order valence-electron chi connectivity index (χ1n) is 4.28. The van der Waals surface area contributed by atoms with Crippen LogP contribution in [0.5, 0.6) is 0 Å². The molecule has 2 heterocycles.